The Bertz CT molecular complexity index is 733. The summed E-state index contributed by atoms with van der Waals surface area (Å²) in [4.78, 5) is 3.89. The van der Waals surface area contributed by atoms with Crippen molar-refractivity contribution in [3.63, 3.8) is 0 Å². The van der Waals surface area contributed by atoms with Crippen LogP contribution in [0.4, 0.5) is 4.39 Å². The molecule has 0 bridgehead atoms. The Labute approximate surface area is 116 Å². The fourth-order valence-electron chi connectivity index (χ4n) is 2.54. The second-order valence-corrected chi connectivity index (χ2v) is 4.84. The van der Waals surface area contributed by atoms with Crippen molar-refractivity contribution in [2.75, 3.05) is 6.54 Å². The highest BCUT2D eigenvalue weighted by molar-refractivity contribution is 5.83. The van der Waals surface area contributed by atoms with Crippen LogP contribution in [0.3, 0.4) is 0 Å². The first-order valence-corrected chi connectivity index (χ1v) is 6.64. The lowest BCUT2D eigenvalue weighted by molar-refractivity contribution is 0.617. The fourth-order valence-corrected chi connectivity index (χ4v) is 2.54. The van der Waals surface area contributed by atoms with E-state index in [0.29, 0.717) is 13.1 Å². The lowest BCUT2D eigenvalue weighted by Gasteiger charge is -2.07. The minimum Gasteiger partial charge on any atom is -0.343 e. The summed E-state index contributed by atoms with van der Waals surface area (Å²) >= 11 is 0. The molecule has 0 spiro atoms. The van der Waals surface area contributed by atoms with Crippen molar-refractivity contribution in [1.82, 2.24) is 9.55 Å². The van der Waals surface area contributed by atoms with Crippen LogP contribution >= 0.6 is 0 Å². The number of benzene rings is 1. The van der Waals surface area contributed by atoms with Gasteiger partial charge < -0.3 is 10.3 Å². The minimum atomic E-state index is -0.303. The van der Waals surface area contributed by atoms with Crippen LogP contribution in [0.15, 0.2) is 48.9 Å². The Hall–Kier alpha value is -2.20. The average molecular weight is 269 g/mol. The zero-order valence-corrected chi connectivity index (χ0v) is 11.1. The quantitative estimate of drug-likeness (QED) is 0.791. The summed E-state index contributed by atoms with van der Waals surface area (Å²) in [6.07, 6.45) is 5.80. The van der Waals surface area contributed by atoms with Gasteiger partial charge in [0.15, 0.2) is 0 Å². The van der Waals surface area contributed by atoms with Gasteiger partial charge in [-0.2, -0.15) is 0 Å². The Kier molecular flexibility index (Phi) is 3.48. The molecular formula is C16H16FN3. The summed E-state index contributed by atoms with van der Waals surface area (Å²) in [5.74, 6) is -0.303. The summed E-state index contributed by atoms with van der Waals surface area (Å²) in [6.45, 7) is 1.25. The summed E-state index contributed by atoms with van der Waals surface area (Å²) in [5, 5.41) is 1.21. The highest BCUT2D eigenvalue weighted by Gasteiger charge is 2.06. The summed E-state index contributed by atoms with van der Waals surface area (Å²) in [6, 6.07) is 9.81. The van der Waals surface area contributed by atoms with Crippen molar-refractivity contribution >= 4 is 10.9 Å². The van der Waals surface area contributed by atoms with Crippen LogP contribution in [0.25, 0.3) is 10.9 Å². The van der Waals surface area contributed by atoms with E-state index in [1.165, 1.54) is 23.2 Å². The summed E-state index contributed by atoms with van der Waals surface area (Å²) in [5.41, 5.74) is 8.89. The first kappa shape index (κ1) is 12.8. The molecule has 3 rings (SSSR count). The van der Waals surface area contributed by atoms with Crippen LogP contribution in [0.1, 0.15) is 11.1 Å². The van der Waals surface area contributed by atoms with Gasteiger partial charge in [0.05, 0.1) is 6.20 Å². The second kappa shape index (κ2) is 5.43. The van der Waals surface area contributed by atoms with Gasteiger partial charge in [-0.1, -0.05) is 12.1 Å². The molecule has 0 saturated heterocycles. The lowest BCUT2D eigenvalue weighted by Crippen LogP contribution is -2.03. The molecule has 0 aliphatic heterocycles. The first-order chi connectivity index (χ1) is 9.78. The third kappa shape index (κ3) is 2.42. The third-order valence-electron chi connectivity index (χ3n) is 3.43. The van der Waals surface area contributed by atoms with Crippen LogP contribution < -0.4 is 5.73 Å². The SMILES string of the molecule is NCCc1cccc2c1ccn2Cc1cncc(F)c1. The monoisotopic (exact) mass is 269 g/mol. The van der Waals surface area contributed by atoms with Gasteiger partial charge in [-0.3, -0.25) is 4.98 Å². The van der Waals surface area contributed by atoms with Gasteiger partial charge in [-0.25, -0.2) is 4.39 Å². The molecule has 0 aliphatic rings. The van der Waals surface area contributed by atoms with Crippen molar-refractivity contribution in [2.24, 2.45) is 5.73 Å². The maximum atomic E-state index is 13.2. The van der Waals surface area contributed by atoms with Crippen LogP contribution in [0, 0.1) is 5.82 Å². The highest BCUT2D eigenvalue weighted by Crippen LogP contribution is 2.21. The van der Waals surface area contributed by atoms with Crippen molar-refractivity contribution in [3.05, 3.63) is 65.9 Å². The molecule has 2 heterocycles. The molecule has 0 radical (unpaired) electrons. The van der Waals surface area contributed by atoms with Crippen molar-refractivity contribution in [1.29, 1.82) is 0 Å². The van der Waals surface area contributed by atoms with E-state index in [2.05, 4.69) is 27.8 Å². The highest BCUT2D eigenvalue weighted by atomic mass is 19.1. The number of aromatic nitrogens is 2. The molecule has 3 nitrogen and oxygen atoms in total. The largest absolute Gasteiger partial charge is 0.343 e. The lowest BCUT2D eigenvalue weighted by atomic mass is 10.1. The molecule has 1 aromatic carbocycles. The standard InChI is InChI=1S/C16H16FN3/c17-14-8-12(9-19-10-14)11-20-7-5-15-13(4-6-18)2-1-3-16(15)20/h1-3,5,7-10H,4,6,11,18H2. The molecule has 102 valence electrons. The zero-order chi connectivity index (χ0) is 13.9. The number of hydrogen-bond donors (Lipinski definition) is 1. The molecule has 0 fully saturated rings. The molecular weight excluding hydrogens is 253 g/mol. The summed E-state index contributed by atoms with van der Waals surface area (Å²) in [7, 11) is 0. The maximum Gasteiger partial charge on any atom is 0.141 e. The Morgan fingerprint density at radius 1 is 1.20 bits per heavy atom. The van der Waals surface area contributed by atoms with Gasteiger partial charge in [-0.05, 0) is 42.3 Å². The molecule has 4 heteroatoms. The molecule has 0 saturated carbocycles. The number of fused-ring (bicyclic) bond motifs is 1. The second-order valence-electron chi connectivity index (χ2n) is 4.84. The van der Waals surface area contributed by atoms with Crippen LogP contribution in [0.5, 0.6) is 0 Å². The number of halogens is 1. The van der Waals surface area contributed by atoms with E-state index in [9.17, 15) is 4.39 Å². The normalized spacial score (nSPS) is 11.1. The van der Waals surface area contributed by atoms with E-state index in [-0.39, 0.29) is 5.82 Å². The predicted octanol–water partition coefficient (Wildman–Crippen LogP) is 2.72. The average Bonchev–Trinajstić information content (AvgIpc) is 2.84. The Morgan fingerprint density at radius 3 is 2.90 bits per heavy atom. The molecule has 0 amide bonds. The van der Waals surface area contributed by atoms with E-state index in [1.807, 2.05) is 12.3 Å². The molecule has 0 unspecified atom stereocenters. The van der Waals surface area contributed by atoms with Crippen molar-refractivity contribution in [3.8, 4) is 0 Å². The van der Waals surface area contributed by atoms with Crippen molar-refractivity contribution < 1.29 is 4.39 Å². The number of pyridine rings is 1. The third-order valence-corrected chi connectivity index (χ3v) is 3.43. The zero-order valence-electron chi connectivity index (χ0n) is 11.1. The molecule has 20 heavy (non-hydrogen) atoms. The fraction of sp³-hybridized carbons (Fsp3) is 0.188. The van der Waals surface area contributed by atoms with Crippen LogP contribution in [-0.2, 0) is 13.0 Å². The van der Waals surface area contributed by atoms with E-state index in [1.54, 1.807) is 6.20 Å². The maximum absolute atomic E-state index is 13.2. The Balaban J connectivity index is 1.98. The number of nitrogens with zero attached hydrogens (tertiary/aromatic N) is 2. The molecule has 2 aromatic heterocycles. The van der Waals surface area contributed by atoms with E-state index in [4.69, 9.17) is 5.73 Å². The van der Waals surface area contributed by atoms with Gasteiger partial charge in [0.25, 0.3) is 0 Å². The van der Waals surface area contributed by atoms with Gasteiger partial charge >= 0.3 is 0 Å². The van der Waals surface area contributed by atoms with Crippen molar-refractivity contribution in [2.45, 2.75) is 13.0 Å². The predicted molar refractivity (Wildman–Crippen MR) is 78.0 cm³/mol. The van der Waals surface area contributed by atoms with Gasteiger partial charge in [0.1, 0.15) is 5.82 Å². The Morgan fingerprint density at radius 2 is 2.10 bits per heavy atom. The minimum absolute atomic E-state index is 0.303. The summed E-state index contributed by atoms with van der Waals surface area (Å²) < 4.78 is 15.3. The van der Waals surface area contributed by atoms with Gasteiger partial charge in [-0.15, -0.1) is 0 Å². The van der Waals surface area contributed by atoms with Crippen LogP contribution in [-0.4, -0.2) is 16.1 Å². The number of nitrogens with two attached hydrogens (primary N) is 1. The topological polar surface area (TPSA) is 43.8 Å². The van der Waals surface area contributed by atoms with E-state index < -0.39 is 0 Å². The van der Waals surface area contributed by atoms with E-state index >= 15 is 0 Å². The number of hydrogen-bond acceptors (Lipinski definition) is 2. The molecule has 2 N–H and O–H groups in total. The number of rotatable bonds is 4. The first-order valence-electron chi connectivity index (χ1n) is 6.64. The smallest absolute Gasteiger partial charge is 0.141 e. The molecule has 3 aromatic rings. The molecule has 0 atom stereocenters. The van der Waals surface area contributed by atoms with Gasteiger partial charge in [0, 0.05) is 29.8 Å². The molecule has 0 aliphatic carbocycles. The van der Waals surface area contributed by atoms with Gasteiger partial charge in [0.2, 0.25) is 0 Å². The van der Waals surface area contributed by atoms with Crippen LogP contribution in [0.2, 0.25) is 0 Å². The van der Waals surface area contributed by atoms with E-state index in [0.717, 1.165) is 17.5 Å².